The van der Waals surface area contributed by atoms with E-state index in [0.29, 0.717) is 12.5 Å². The average Bonchev–Trinajstić information content (AvgIpc) is 2.45. The number of ether oxygens (including phenoxy) is 3. The Balaban J connectivity index is 2.58. The fraction of sp³-hybridized carbons (Fsp3) is 0.917. The molecule has 1 rings (SSSR count). The number of hydrogen-bond donors (Lipinski definition) is 4. The second-order valence-corrected chi connectivity index (χ2v) is 4.98. The molecule has 0 saturated carbocycles. The van der Waals surface area contributed by atoms with Crippen molar-refractivity contribution in [2.45, 2.75) is 37.6 Å². The van der Waals surface area contributed by atoms with Crippen LogP contribution < -0.4 is 5.32 Å². The Morgan fingerprint density at radius 2 is 2.00 bits per heavy atom. The van der Waals surface area contributed by atoms with Gasteiger partial charge in [0.05, 0.1) is 26.4 Å². The summed E-state index contributed by atoms with van der Waals surface area (Å²) < 4.78 is 15.9. The molecule has 0 aliphatic carbocycles. The van der Waals surface area contributed by atoms with Gasteiger partial charge < -0.3 is 34.8 Å². The predicted molar refractivity (Wildman–Crippen MR) is 72.9 cm³/mol. The molecule has 0 spiro atoms. The fourth-order valence-electron chi connectivity index (χ4n) is 1.99. The monoisotopic (exact) mass is 327 g/mol. The Labute approximate surface area is 127 Å². The molecule has 0 aromatic heterocycles. The Hall–Kier alpha value is -0.480. The Bertz CT molecular complexity index is 320. The molecule has 0 unspecified atom stereocenters. The maximum absolute atomic E-state index is 11.2. The van der Waals surface area contributed by atoms with Gasteiger partial charge in [0.1, 0.15) is 24.4 Å². The minimum absolute atomic E-state index is 0.151. The molecule has 0 bridgehead atoms. The van der Waals surface area contributed by atoms with Crippen molar-refractivity contribution in [3.63, 3.8) is 0 Å². The molecule has 0 radical (unpaired) electrons. The van der Waals surface area contributed by atoms with E-state index in [-0.39, 0.29) is 13.2 Å². The van der Waals surface area contributed by atoms with Crippen molar-refractivity contribution in [2.75, 3.05) is 32.3 Å². The number of rotatable bonds is 8. The number of aliphatic hydroxyl groups is 3. The molecular weight excluding hydrogens is 306 g/mol. The summed E-state index contributed by atoms with van der Waals surface area (Å²) in [6, 6.07) is -0.937. The van der Waals surface area contributed by atoms with Crippen molar-refractivity contribution in [1.82, 2.24) is 5.32 Å². The van der Waals surface area contributed by atoms with Crippen molar-refractivity contribution >= 4 is 17.5 Å². The first-order chi connectivity index (χ1) is 10.0. The van der Waals surface area contributed by atoms with Crippen molar-refractivity contribution in [3.8, 4) is 0 Å². The first-order valence-corrected chi connectivity index (χ1v) is 7.19. The maximum Gasteiger partial charge on any atom is 0.217 e. The molecule has 1 amide bonds. The third-order valence-electron chi connectivity index (χ3n) is 2.98. The standard InChI is InChI=1S/C12H22ClNO7/c1-7(16)14-9-11(18)10(17)8(6-15)21-12(9)20-5-4-19-3-2-13/h8-12,15,17-18H,2-6H2,1H3,(H,14,16)/t8-,9-,10-,11-,12-/m0/s1. The van der Waals surface area contributed by atoms with Gasteiger partial charge in [-0.25, -0.2) is 0 Å². The van der Waals surface area contributed by atoms with Gasteiger partial charge in [-0.3, -0.25) is 4.79 Å². The van der Waals surface area contributed by atoms with Gasteiger partial charge in [-0.05, 0) is 0 Å². The smallest absolute Gasteiger partial charge is 0.217 e. The average molecular weight is 328 g/mol. The third kappa shape index (κ3) is 5.67. The number of carbonyl (C=O) groups is 1. The highest BCUT2D eigenvalue weighted by Gasteiger charge is 2.45. The number of amides is 1. The lowest BCUT2D eigenvalue weighted by atomic mass is 9.97. The molecule has 9 heteroatoms. The van der Waals surface area contributed by atoms with E-state index in [1.165, 1.54) is 6.92 Å². The highest BCUT2D eigenvalue weighted by atomic mass is 35.5. The van der Waals surface area contributed by atoms with Gasteiger partial charge in [-0.15, -0.1) is 11.6 Å². The molecule has 1 heterocycles. The predicted octanol–water partition coefficient (Wildman–Crippen LogP) is -1.80. The zero-order chi connectivity index (χ0) is 15.8. The molecule has 21 heavy (non-hydrogen) atoms. The third-order valence-corrected chi connectivity index (χ3v) is 3.14. The van der Waals surface area contributed by atoms with Crippen LogP contribution in [0, 0.1) is 0 Å². The molecule has 0 aromatic rings. The zero-order valence-electron chi connectivity index (χ0n) is 11.8. The quantitative estimate of drug-likeness (QED) is 0.307. The molecule has 8 nitrogen and oxygen atoms in total. The molecule has 0 aromatic carbocycles. The van der Waals surface area contributed by atoms with E-state index in [4.69, 9.17) is 30.9 Å². The van der Waals surface area contributed by atoms with E-state index in [0.717, 1.165) is 0 Å². The molecule has 1 fully saturated rings. The highest BCUT2D eigenvalue weighted by molar-refractivity contribution is 6.17. The second kappa shape index (κ2) is 9.52. The second-order valence-electron chi connectivity index (χ2n) is 4.61. The van der Waals surface area contributed by atoms with E-state index < -0.39 is 43.2 Å². The summed E-state index contributed by atoms with van der Waals surface area (Å²) in [4.78, 5) is 11.2. The number of aliphatic hydroxyl groups excluding tert-OH is 3. The van der Waals surface area contributed by atoms with E-state index in [9.17, 15) is 15.0 Å². The van der Waals surface area contributed by atoms with Gasteiger partial charge in [-0.1, -0.05) is 0 Å². The lowest BCUT2D eigenvalue weighted by molar-refractivity contribution is -0.271. The summed E-state index contributed by atoms with van der Waals surface area (Å²) in [6.07, 6.45) is -4.62. The van der Waals surface area contributed by atoms with Crippen LogP contribution in [0.2, 0.25) is 0 Å². The van der Waals surface area contributed by atoms with Gasteiger partial charge in [0.15, 0.2) is 6.29 Å². The van der Waals surface area contributed by atoms with Gasteiger partial charge in [-0.2, -0.15) is 0 Å². The van der Waals surface area contributed by atoms with Crippen molar-refractivity contribution < 1.29 is 34.3 Å². The molecular formula is C12H22ClNO7. The Kier molecular flexibility index (Phi) is 8.42. The molecule has 1 aliphatic heterocycles. The lowest BCUT2D eigenvalue weighted by Crippen LogP contribution is -2.64. The SMILES string of the molecule is CC(=O)N[C@@H]1[C@@H](OCCOCCCl)O[C@@H](CO)[C@H](O)[C@H]1O. The van der Waals surface area contributed by atoms with E-state index in [2.05, 4.69) is 5.32 Å². The van der Waals surface area contributed by atoms with Crippen LogP contribution in [0.15, 0.2) is 0 Å². The van der Waals surface area contributed by atoms with Crippen LogP contribution in [0.25, 0.3) is 0 Å². The minimum atomic E-state index is -1.32. The minimum Gasteiger partial charge on any atom is -0.394 e. The van der Waals surface area contributed by atoms with Gasteiger partial charge in [0, 0.05) is 12.8 Å². The van der Waals surface area contributed by atoms with Crippen molar-refractivity contribution in [1.29, 1.82) is 0 Å². The van der Waals surface area contributed by atoms with Gasteiger partial charge in [0.25, 0.3) is 0 Å². The Morgan fingerprint density at radius 1 is 1.29 bits per heavy atom. The summed E-state index contributed by atoms with van der Waals surface area (Å²) in [5.41, 5.74) is 0. The molecule has 5 atom stereocenters. The van der Waals surface area contributed by atoms with Crippen LogP contribution in [0.5, 0.6) is 0 Å². The highest BCUT2D eigenvalue weighted by Crippen LogP contribution is 2.22. The Morgan fingerprint density at radius 3 is 2.57 bits per heavy atom. The number of carbonyl (C=O) groups excluding carboxylic acids is 1. The van der Waals surface area contributed by atoms with Crippen LogP contribution in [0.3, 0.4) is 0 Å². The molecule has 124 valence electrons. The number of halogens is 1. The van der Waals surface area contributed by atoms with Gasteiger partial charge in [0.2, 0.25) is 5.91 Å². The summed E-state index contributed by atoms with van der Waals surface area (Å²) >= 11 is 5.46. The first kappa shape index (κ1) is 18.6. The fourth-order valence-corrected chi connectivity index (χ4v) is 2.10. The lowest BCUT2D eigenvalue weighted by Gasteiger charge is -2.42. The largest absolute Gasteiger partial charge is 0.394 e. The van der Waals surface area contributed by atoms with E-state index in [1.807, 2.05) is 0 Å². The van der Waals surface area contributed by atoms with E-state index in [1.54, 1.807) is 0 Å². The summed E-state index contributed by atoms with van der Waals surface area (Å²) in [7, 11) is 0. The van der Waals surface area contributed by atoms with Crippen LogP contribution in [-0.2, 0) is 19.0 Å². The zero-order valence-corrected chi connectivity index (χ0v) is 12.5. The number of hydrogen-bond acceptors (Lipinski definition) is 7. The van der Waals surface area contributed by atoms with Crippen LogP contribution >= 0.6 is 11.6 Å². The number of nitrogens with one attached hydrogen (secondary N) is 1. The summed E-state index contributed by atoms with van der Waals surface area (Å²) in [5, 5.41) is 31.4. The molecule has 1 saturated heterocycles. The van der Waals surface area contributed by atoms with Gasteiger partial charge >= 0.3 is 0 Å². The molecule has 1 aliphatic rings. The summed E-state index contributed by atoms with van der Waals surface area (Å²) in [6.45, 7) is 1.60. The normalized spacial score (nSPS) is 32.9. The van der Waals surface area contributed by atoms with Crippen LogP contribution in [0.1, 0.15) is 6.92 Å². The van der Waals surface area contributed by atoms with Crippen LogP contribution in [0.4, 0.5) is 0 Å². The first-order valence-electron chi connectivity index (χ1n) is 6.66. The topological polar surface area (TPSA) is 117 Å². The summed E-state index contributed by atoms with van der Waals surface area (Å²) in [5.74, 6) is -0.0318. The molecule has 4 N–H and O–H groups in total. The van der Waals surface area contributed by atoms with Crippen LogP contribution in [-0.4, -0.2) is 84.2 Å². The van der Waals surface area contributed by atoms with Crippen molar-refractivity contribution in [3.05, 3.63) is 0 Å². The van der Waals surface area contributed by atoms with Crippen molar-refractivity contribution in [2.24, 2.45) is 0 Å². The van der Waals surface area contributed by atoms with E-state index >= 15 is 0 Å². The number of alkyl halides is 1. The maximum atomic E-state index is 11.2.